The number of hydrogen-bond acceptors (Lipinski definition) is 6. The van der Waals surface area contributed by atoms with E-state index in [0.29, 0.717) is 29.5 Å². The molecule has 0 aromatic heterocycles. The summed E-state index contributed by atoms with van der Waals surface area (Å²) in [7, 11) is -4.42. The summed E-state index contributed by atoms with van der Waals surface area (Å²) in [5.74, 6) is -0.983. The highest BCUT2D eigenvalue weighted by molar-refractivity contribution is 7.92. The van der Waals surface area contributed by atoms with Gasteiger partial charge in [-0.2, -0.15) is 0 Å². The van der Waals surface area contributed by atoms with Gasteiger partial charge in [0.05, 0.1) is 10.6 Å². The van der Waals surface area contributed by atoms with Crippen LogP contribution in [0.5, 0.6) is 11.5 Å². The number of fused-ring (bicyclic) bond motifs is 1. The fourth-order valence-electron chi connectivity index (χ4n) is 5.13. The number of rotatable bonds is 12. The van der Waals surface area contributed by atoms with Crippen molar-refractivity contribution >= 4 is 39.1 Å². The van der Waals surface area contributed by atoms with E-state index in [1.165, 1.54) is 35.2 Å². The van der Waals surface area contributed by atoms with Gasteiger partial charge in [0.15, 0.2) is 11.5 Å². The lowest BCUT2D eigenvalue weighted by Gasteiger charge is -2.34. The molecule has 0 unspecified atom stereocenters. The molecule has 1 atom stereocenters. The molecule has 9 nitrogen and oxygen atoms in total. The number of benzene rings is 4. The second-order valence-electron chi connectivity index (χ2n) is 10.5. The first-order chi connectivity index (χ1) is 22.2. The topological polar surface area (TPSA) is 105 Å². The Kier molecular flexibility index (Phi) is 10.4. The van der Waals surface area contributed by atoms with E-state index in [9.17, 15) is 22.4 Å². The number of carbonyl (C=O) groups is 2. The lowest BCUT2D eigenvalue weighted by atomic mass is 10.0. The second kappa shape index (κ2) is 14.7. The van der Waals surface area contributed by atoms with Crippen LogP contribution in [0.3, 0.4) is 0 Å². The molecule has 0 bridgehead atoms. The van der Waals surface area contributed by atoms with E-state index < -0.39 is 40.2 Å². The third-order valence-electron chi connectivity index (χ3n) is 7.36. The molecule has 4 aromatic carbocycles. The van der Waals surface area contributed by atoms with Crippen LogP contribution in [-0.2, 0) is 32.6 Å². The van der Waals surface area contributed by atoms with Gasteiger partial charge in [-0.25, -0.2) is 12.8 Å². The number of amides is 2. The monoisotopic (exact) mass is 665 g/mol. The SMILES string of the molecule is CCNC(=O)[C@@H](Cc1ccccc1)N(Cc1cccc(Cl)c1)C(=O)CN(c1ccc(F)cc1)S(=O)(=O)c1ccc2c(c1)OCCO2. The van der Waals surface area contributed by atoms with Crippen LogP contribution in [-0.4, -0.2) is 57.5 Å². The molecule has 240 valence electrons. The van der Waals surface area contributed by atoms with Gasteiger partial charge in [0, 0.05) is 30.6 Å². The predicted molar refractivity (Wildman–Crippen MR) is 173 cm³/mol. The van der Waals surface area contributed by atoms with Crippen LogP contribution in [0.25, 0.3) is 0 Å². The molecule has 4 aromatic rings. The maximum Gasteiger partial charge on any atom is 0.264 e. The molecular weight excluding hydrogens is 633 g/mol. The molecule has 5 rings (SSSR count). The van der Waals surface area contributed by atoms with E-state index in [2.05, 4.69) is 5.32 Å². The Hall–Kier alpha value is -4.61. The van der Waals surface area contributed by atoms with Gasteiger partial charge in [-0.05, 0) is 66.6 Å². The number of likely N-dealkylation sites (N-methyl/N-ethyl adjacent to an activating group) is 1. The van der Waals surface area contributed by atoms with Crippen LogP contribution in [0, 0.1) is 5.82 Å². The zero-order valence-corrected chi connectivity index (χ0v) is 26.6. The molecule has 12 heteroatoms. The van der Waals surface area contributed by atoms with Crippen molar-refractivity contribution in [2.45, 2.75) is 30.8 Å². The van der Waals surface area contributed by atoms with Gasteiger partial charge in [-0.3, -0.25) is 13.9 Å². The van der Waals surface area contributed by atoms with E-state index in [0.717, 1.165) is 22.0 Å². The van der Waals surface area contributed by atoms with Crippen molar-refractivity contribution in [3.8, 4) is 11.5 Å². The van der Waals surface area contributed by atoms with Crippen molar-refractivity contribution in [1.82, 2.24) is 10.2 Å². The molecule has 0 fully saturated rings. The van der Waals surface area contributed by atoms with E-state index >= 15 is 0 Å². The van der Waals surface area contributed by atoms with Gasteiger partial charge >= 0.3 is 0 Å². The minimum absolute atomic E-state index is 0.0324. The maximum absolute atomic E-state index is 14.4. The Labute approximate surface area is 272 Å². The number of nitrogens with zero attached hydrogens (tertiary/aromatic N) is 2. The van der Waals surface area contributed by atoms with Crippen molar-refractivity contribution in [1.29, 1.82) is 0 Å². The molecular formula is C34H33ClFN3O6S. The number of sulfonamides is 1. The average molecular weight is 666 g/mol. The third-order valence-corrected chi connectivity index (χ3v) is 9.36. The summed E-state index contributed by atoms with van der Waals surface area (Å²) < 4.78 is 54.5. The molecule has 46 heavy (non-hydrogen) atoms. The highest BCUT2D eigenvalue weighted by atomic mass is 35.5. The normalized spacial score (nSPS) is 13.0. The molecule has 1 N–H and O–H groups in total. The van der Waals surface area contributed by atoms with Gasteiger partial charge in [-0.15, -0.1) is 0 Å². The second-order valence-corrected chi connectivity index (χ2v) is 12.8. The average Bonchev–Trinajstić information content (AvgIpc) is 3.06. The lowest BCUT2D eigenvalue weighted by molar-refractivity contribution is -0.140. The standard InChI is InChI=1S/C34H33ClFN3O6S/c1-2-37-34(41)30(20-24-7-4-3-5-8-24)38(22-25-9-6-10-26(35)19-25)33(40)23-39(28-13-11-27(36)12-14-28)46(42,43)29-15-16-31-32(21-29)45-18-17-44-31/h3-16,19,21,30H,2,17-18,20,22-23H2,1H3,(H,37,41)/t30-/m1/s1. The minimum atomic E-state index is -4.42. The van der Waals surface area contributed by atoms with E-state index in [-0.39, 0.29) is 35.9 Å². The third kappa shape index (κ3) is 7.78. The van der Waals surface area contributed by atoms with Crippen LogP contribution in [0.15, 0.2) is 102 Å². The van der Waals surface area contributed by atoms with Gasteiger partial charge < -0.3 is 19.7 Å². The molecule has 1 aliphatic heterocycles. The van der Waals surface area contributed by atoms with E-state index in [1.807, 2.05) is 30.3 Å². The van der Waals surface area contributed by atoms with Crippen LogP contribution in [0.2, 0.25) is 5.02 Å². The first kappa shape index (κ1) is 32.8. The van der Waals surface area contributed by atoms with Crippen LogP contribution < -0.4 is 19.1 Å². The quantitative estimate of drug-likeness (QED) is 0.223. The Balaban J connectivity index is 1.57. The number of ether oxygens (including phenoxy) is 2. The molecule has 0 saturated heterocycles. The summed E-state index contributed by atoms with van der Waals surface area (Å²) in [5, 5.41) is 3.26. The van der Waals surface area contributed by atoms with Crippen LogP contribution in [0.1, 0.15) is 18.1 Å². The van der Waals surface area contributed by atoms with Gasteiger partial charge in [0.25, 0.3) is 10.0 Å². The summed E-state index contributed by atoms with van der Waals surface area (Å²) in [6.45, 7) is 1.95. The first-order valence-electron chi connectivity index (χ1n) is 14.7. The molecule has 1 heterocycles. The zero-order chi connectivity index (χ0) is 32.7. The molecule has 0 saturated carbocycles. The summed E-state index contributed by atoms with van der Waals surface area (Å²) in [5.41, 5.74) is 1.51. The van der Waals surface area contributed by atoms with Crippen LogP contribution in [0.4, 0.5) is 10.1 Å². The Morgan fingerprint density at radius 3 is 2.28 bits per heavy atom. The zero-order valence-electron chi connectivity index (χ0n) is 25.1. The smallest absolute Gasteiger partial charge is 0.264 e. The first-order valence-corrected chi connectivity index (χ1v) is 16.5. The fourth-order valence-corrected chi connectivity index (χ4v) is 6.77. The number of nitrogens with one attached hydrogen (secondary N) is 1. The van der Waals surface area contributed by atoms with Crippen molar-refractivity contribution in [2.24, 2.45) is 0 Å². The van der Waals surface area contributed by atoms with Crippen molar-refractivity contribution in [3.63, 3.8) is 0 Å². The van der Waals surface area contributed by atoms with Crippen LogP contribution >= 0.6 is 11.6 Å². The molecule has 0 spiro atoms. The Bertz CT molecular complexity index is 1790. The van der Waals surface area contributed by atoms with E-state index in [4.69, 9.17) is 21.1 Å². The van der Waals surface area contributed by atoms with Crippen molar-refractivity contribution < 1.29 is 31.9 Å². The highest BCUT2D eigenvalue weighted by Crippen LogP contribution is 2.34. The summed E-state index contributed by atoms with van der Waals surface area (Å²) in [4.78, 5) is 29.2. The lowest BCUT2D eigenvalue weighted by Crippen LogP contribution is -2.53. The minimum Gasteiger partial charge on any atom is -0.486 e. The van der Waals surface area contributed by atoms with Crippen molar-refractivity contribution in [2.75, 3.05) is 30.6 Å². The Morgan fingerprint density at radius 1 is 0.891 bits per heavy atom. The highest BCUT2D eigenvalue weighted by Gasteiger charge is 2.35. The number of halogens is 2. The largest absolute Gasteiger partial charge is 0.486 e. The predicted octanol–water partition coefficient (Wildman–Crippen LogP) is 5.22. The van der Waals surface area contributed by atoms with Crippen molar-refractivity contribution in [3.05, 3.63) is 119 Å². The molecule has 0 aliphatic carbocycles. The summed E-state index contributed by atoms with van der Waals surface area (Å²) in [6, 6.07) is 24.1. The molecule has 2 amide bonds. The summed E-state index contributed by atoms with van der Waals surface area (Å²) >= 11 is 6.26. The van der Waals surface area contributed by atoms with Gasteiger partial charge in [0.2, 0.25) is 11.8 Å². The van der Waals surface area contributed by atoms with E-state index in [1.54, 1.807) is 31.2 Å². The maximum atomic E-state index is 14.4. The fraction of sp³-hybridized carbons (Fsp3) is 0.235. The molecule has 0 radical (unpaired) electrons. The number of carbonyl (C=O) groups excluding carboxylic acids is 2. The molecule has 1 aliphatic rings. The summed E-state index contributed by atoms with van der Waals surface area (Å²) in [6.07, 6.45) is 0.171. The van der Waals surface area contributed by atoms with Gasteiger partial charge in [0.1, 0.15) is 31.6 Å². The number of hydrogen-bond donors (Lipinski definition) is 1. The Morgan fingerprint density at radius 2 is 1.59 bits per heavy atom. The number of anilines is 1. The van der Waals surface area contributed by atoms with Gasteiger partial charge in [-0.1, -0.05) is 54.1 Å².